The molecule has 0 atom stereocenters. The fourth-order valence-electron chi connectivity index (χ4n) is 1.67. The molecule has 0 aliphatic heterocycles. The van der Waals surface area contributed by atoms with Gasteiger partial charge in [0.1, 0.15) is 11.2 Å². The molecule has 0 heterocycles. The van der Waals surface area contributed by atoms with Crippen molar-refractivity contribution in [3.05, 3.63) is 23.8 Å². The van der Waals surface area contributed by atoms with E-state index in [0.717, 1.165) is 0 Å². The number of amides is 1. The lowest BCUT2D eigenvalue weighted by Gasteiger charge is -2.19. The van der Waals surface area contributed by atoms with Crippen LogP contribution in [0.15, 0.2) is 23.3 Å². The highest BCUT2D eigenvalue weighted by atomic mass is 16.7. The quantitative estimate of drug-likeness (QED) is 0.376. The van der Waals surface area contributed by atoms with E-state index in [-0.39, 0.29) is 5.75 Å². The van der Waals surface area contributed by atoms with Gasteiger partial charge in [0.25, 0.3) is 0 Å². The maximum atomic E-state index is 11.8. The van der Waals surface area contributed by atoms with Crippen LogP contribution in [0.3, 0.4) is 0 Å². The van der Waals surface area contributed by atoms with E-state index in [1.807, 2.05) is 0 Å². The van der Waals surface area contributed by atoms with Crippen LogP contribution in [0.1, 0.15) is 47.1 Å². The Bertz CT molecular complexity index is 671. The number of hydrogen-bond donors (Lipinski definition) is 1. The van der Waals surface area contributed by atoms with E-state index in [1.54, 1.807) is 53.7 Å². The molecule has 0 bridgehead atoms. The van der Waals surface area contributed by atoms with Crippen molar-refractivity contribution in [2.24, 2.45) is 5.10 Å². The Morgan fingerprint density at radius 1 is 1.00 bits per heavy atom. The van der Waals surface area contributed by atoms with Gasteiger partial charge in [-0.05, 0) is 65.3 Å². The zero-order valence-corrected chi connectivity index (χ0v) is 16.2. The van der Waals surface area contributed by atoms with Gasteiger partial charge >= 0.3 is 12.2 Å². The van der Waals surface area contributed by atoms with Crippen molar-refractivity contribution >= 4 is 18.5 Å². The first kappa shape index (κ1) is 21.3. The summed E-state index contributed by atoms with van der Waals surface area (Å²) in [4.78, 5) is 23.3. The summed E-state index contributed by atoms with van der Waals surface area (Å²) in [6.07, 6.45) is -0.0848. The molecule has 1 aromatic rings. The molecule has 1 aromatic carbocycles. The van der Waals surface area contributed by atoms with Crippen molar-refractivity contribution < 1.29 is 28.5 Å². The molecule has 1 rings (SSSR count). The fourth-order valence-corrected chi connectivity index (χ4v) is 1.67. The van der Waals surface area contributed by atoms with Gasteiger partial charge in [0.15, 0.2) is 11.5 Å². The summed E-state index contributed by atoms with van der Waals surface area (Å²) in [5, 5.41) is 3.80. The molecule has 0 radical (unpaired) electrons. The van der Waals surface area contributed by atoms with Gasteiger partial charge in [0, 0.05) is 0 Å². The van der Waals surface area contributed by atoms with Crippen LogP contribution >= 0.6 is 0 Å². The topological polar surface area (TPSA) is 95.5 Å². The molecular weight excluding hydrogens is 340 g/mol. The molecule has 26 heavy (non-hydrogen) atoms. The SMILES string of the molecule is COc1cc(/C=N/NC(=O)OC(C)(C)C)ccc1OC(=O)OC(C)(C)C. The summed E-state index contributed by atoms with van der Waals surface area (Å²) in [5.74, 6) is 0.524. The number of nitrogens with one attached hydrogen (secondary N) is 1. The number of methoxy groups -OCH3 is 1. The van der Waals surface area contributed by atoms with Gasteiger partial charge in [-0.3, -0.25) is 0 Å². The third-order valence-corrected chi connectivity index (χ3v) is 2.54. The lowest BCUT2D eigenvalue weighted by molar-refractivity contribution is 0.0200. The number of hydrazone groups is 1. The summed E-state index contributed by atoms with van der Waals surface area (Å²) >= 11 is 0. The summed E-state index contributed by atoms with van der Waals surface area (Å²) in [6, 6.07) is 4.78. The predicted octanol–water partition coefficient (Wildman–Crippen LogP) is 3.87. The smallest absolute Gasteiger partial charge is 0.493 e. The summed E-state index contributed by atoms with van der Waals surface area (Å²) < 4.78 is 20.5. The van der Waals surface area contributed by atoms with Gasteiger partial charge < -0.3 is 18.9 Å². The molecule has 0 fully saturated rings. The molecule has 0 spiro atoms. The molecule has 144 valence electrons. The van der Waals surface area contributed by atoms with Crippen molar-refractivity contribution in [1.82, 2.24) is 5.43 Å². The minimum Gasteiger partial charge on any atom is -0.493 e. The van der Waals surface area contributed by atoms with E-state index >= 15 is 0 Å². The lowest BCUT2D eigenvalue weighted by Crippen LogP contribution is -2.29. The minimum atomic E-state index is -0.830. The predicted molar refractivity (Wildman–Crippen MR) is 96.8 cm³/mol. The molecule has 8 nitrogen and oxygen atoms in total. The Morgan fingerprint density at radius 3 is 2.15 bits per heavy atom. The number of benzene rings is 1. The Balaban J connectivity index is 2.75. The Hall–Kier alpha value is -2.77. The third kappa shape index (κ3) is 8.36. The summed E-state index contributed by atoms with van der Waals surface area (Å²) in [5.41, 5.74) is 1.61. The van der Waals surface area contributed by atoms with Crippen LogP contribution in [-0.2, 0) is 9.47 Å². The van der Waals surface area contributed by atoms with E-state index in [4.69, 9.17) is 18.9 Å². The third-order valence-electron chi connectivity index (χ3n) is 2.54. The van der Waals surface area contributed by atoms with Gasteiger partial charge in [-0.2, -0.15) is 5.10 Å². The van der Waals surface area contributed by atoms with Gasteiger partial charge in [-0.25, -0.2) is 15.0 Å². The molecular formula is C18H26N2O6. The molecule has 1 amide bonds. The second-order valence-electron chi connectivity index (χ2n) is 7.35. The van der Waals surface area contributed by atoms with Crippen LogP contribution in [0.2, 0.25) is 0 Å². The highest BCUT2D eigenvalue weighted by Crippen LogP contribution is 2.28. The Labute approximate surface area is 153 Å². The first-order valence-electron chi connectivity index (χ1n) is 8.00. The van der Waals surface area contributed by atoms with Crippen molar-refractivity contribution in [3.63, 3.8) is 0 Å². The normalized spacial score (nSPS) is 11.8. The lowest BCUT2D eigenvalue weighted by atomic mass is 10.2. The first-order valence-corrected chi connectivity index (χ1v) is 8.00. The van der Waals surface area contributed by atoms with Gasteiger partial charge in [-0.15, -0.1) is 0 Å². The zero-order chi connectivity index (χ0) is 20.0. The van der Waals surface area contributed by atoms with E-state index in [1.165, 1.54) is 19.4 Å². The van der Waals surface area contributed by atoms with Crippen LogP contribution in [0.5, 0.6) is 11.5 Å². The molecule has 0 unspecified atom stereocenters. The molecule has 1 N–H and O–H groups in total. The van der Waals surface area contributed by atoms with Crippen LogP contribution in [0.25, 0.3) is 0 Å². The van der Waals surface area contributed by atoms with Crippen molar-refractivity contribution in [2.75, 3.05) is 7.11 Å². The van der Waals surface area contributed by atoms with Crippen LogP contribution < -0.4 is 14.9 Å². The van der Waals surface area contributed by atoms with Gasteiger partial charge in [-0.1, -0.05) is 0 Å². The maximum absolute atomic E-state index is 11.8. The second kappa shape index (κ2) is 8.55. The summed E-state index contributed by atoms with van der Waals surface area (Å²) in [6.45, 7) is 10.5. The molecule has 0 aliphatic carbocycles. The van der Waals surface area contributed by atoms with Crippen molar-refractivity contribution in [3.8, 4) is 11.5 Å². The van der Waals surface area contributed by atoms with Crippen molar-refractivity contribution in [2.45, 2.75) is 52.7 Å². The largest absolute Gasteiger partial charge is 0.514 e. The highest BCUT2D eigenvalue weighted by molar-refractivity contribution is 5.82. The van der Waals surface area contributed by atoms with E-state index in [0.29, 0.717) is 11.3 Å². The first-order chi connectivity index (χ1) is 11.9. The van der Waals surface area contributed by atoms with Crippen LogP contribution in [0.4, 0.5) is 9.59 Å². The number of rotatable bonds is 4. The molecule has 0 aromatic heterocycles. The van der Waals surface area contributed by atoms with Crippen LogP contribution in [-0.4, -0.2) is 36.8 Å². The van der Waals surface area contributed by atoms with Crippen molar-refractivity contribution in [1.29, 1.82) is 0 Å². The van der Waals surface area contributed by atoms with Crippen LogP contribution in [0, 0.1) is 0 Å². The Kier molecular flexibility index (Phi) is 7.00. The monoisotopic (exact) mass is 366 g/mol. The average molecular weight is 366 g/mol. The number of carbonyl (C=O) groups is 2. The number of hydrogen-bond acceptors (Lipinski definition) is 7. The van der Waals surface area contributed by atoms with E-state index in [2.05, 4.69) is 10.5 Å². The number of ether oxygens (including phenoxy) is 4. The fraction of sp³-hybridized carbons (Fsp3) is 0.500. The van der Waals surface area contributed by atoms with E-state index < -0.39 is 23.5 Å². The zero-order valence-electron chi connectivity index (χ0n) is 16.2. The minimum absolute atomic E-state index is 0.207. The van der Waals surface area contributed by atoms with Gasteiger partial charge in [0.2, 0.25) is 0 Å². The second-order valence-corrected chi connectivity index (χ2v) is 7.35. The average Bonchev–Trinajstić information content (AvgIpc) is 2.44. The number of carbonyl (C=O) groups excluding carboxylic acids is 2. The summed E-state index contributed by atoms with van der Waals surface area (Å²) in [7, 11) is 1.44. The van der Waals surface area contributed by atoms with Gasteiger partial charge in [0.05, 0.1) is 13.3 Å². The molecule has 8 heteroatoms. The molecule has 0 aliphatic rings. The Morgan fingerprint density at radius 2 is 1.62 bits per heavy atom. The maximum Gasteiger partial charge on any atom is 0.514 e. The standard InChI is InChI=1S/C18H26N2O6/c1-17(2,3)25-15(21)20-19-11-12-8-9-13(14(10-12)23-7)24-16(22)26-18(4,5)6/h8-11H,1-7H3,(H,20,21)/b19-11+. The molecule has 0 saturated carbocycles. The molecule has 0 saturated heterocycles. The van der Waals surface area contributed by atoms with E-state index in [9.17, 15) is 9.59 Å². The number of nitrogens with zero attached hydrogens (tertiary/aromatic N) is 1. The highest BCUT2D eigenvalue weighted by Gasteiger charge is 2.19.